The van der Waals surface area contributed by atoms with Gasteiger partial charge in [-0.25, -0.2) is 0 Å². The third-order valence-electron chi connectivity index (χ3n) is 4.17. The normalized spacial score (nSPS) is 16.2. The molecule has 0 bridgehead atoms. The van der Waals surface area contributed by atoms with Gasteiger partial charge in [0.15, 0.2) is 0 Å². The van der Waals surface area contributed by atoms with Crippen LogP contribution in [0.5, 0.6) is 0 Å². The van der Waals surface area contributed by atoms with Crippen molar-refractivity contribution in [1.82, 2.24) is 4.98 Å². The fourth-order valence-electron chi connectivity index (χ4n) is 3.07. The minimum atomic E-state index is 0.541. The van der Waals surface area contributed by atoms with Crippen molar-refractivity contribution in [3.05, 3.63) is 46.7 Å². The van der Waals surface area contributed by atoms with Gasteiger partial charge in [-0.1, -0.05) is 47.3 Å². The first kappa shape index (κ1) is 13.6. The maximum atomic E-state index is 6.41. The highest BCUT2D eigenvalue weighted by Crippen LogP contribution is 2.38. The number of benzene rings is 1. The Labute approximate surface area is 128 Å². The summed E-state index contributed by atoms with van der Waals surface area (Å²) in [6.45, 7) is 0. The van der Waals surface area contributed by atoms with E-state index in [1.807, 2.05) is 12.3 Å². The van der Waals surface area contributed by atoms with Gasteiger partial charge in [0, 0.05) is 22.2 Å². The molecule has 0 unspecified atom stereocenters. The molecule has 3 rings (SSSR count). The van der Waals surface area contributed by atoms with Crippen molar-refractivity contribution < 1.29 is 0 Å². The molecule has 20 heavy (non-hydrogen) atoms. The number of hydrogen-bond acceptors (Lipinski definition) is 2. The maximum absolute atomic E-state index is 6.41. The Hall–Kier alpha value is -1.35. The summed E-state index contributed by atoms with van der Waals surface area (Å²) in [5.41, 5.74) is 10.6. The minimum Gasteiger partial charge on any atom is -0.397 e. The number of pyridine rings is 1. The molecule has 3 heteroatoms. The van der Waals surface area contributed by atoms with Crippen LogP contribution < -0.4 is 5.73 Å². The van der Waals surface area contributed by atoms with E-state index in [-0.39, 0.29) is 0 Å². The standard InChI is InChI=1S/C17H19BrN2/c18-14-8-6-12(7-9-14)15-10-11-20-17(16(15)19)13-4-2-1-3-5-13/h6-11,13H,1-5,19H2. The van der Waals surface area contributed by atoms with Gasteiger partial charge in [0.05, 0.1) is 11.4 Å². The van der Waals surface area contributed by atoms with Crippen molar-refractivity contribution in [3.8, 4) is 11.1 Å². The summed E-state index contributed by atoms with van der Waals surface area (Å²) in [5, 5.41) is 0. The second kappa shape index (κ2) is 5.96. The summed E-state index contributed by atoms with van der Waals surface area (Å²) >= 11 is 3.47. The topological polar surface area (TPSA) is 38.9 Å². The van der Waals surface area contributed by atoms with Crippen LogP contribution in [-0.4, -0.2) is 4.98 Å². The fourth-order valence-corrected chi connectivity index (χ4v) is 3.34. The maximum Gasteiger partial charge on any atom is 0.0669 e. The highest BCUT2D eigenvalue weighted by Gasteiger charge is 2.20. The molecule has 0 spiro atoms. The lowest BCUT2D eigenvalue weighted by molar-refractivity contribution is 0.438. The van der Waals surface area contributed by atoms with Crippen LogP contribution >= 0.6 is 15.9 Å². The van der Waals surface area contributed by atoms with E-state index in [1.165, 1.54) is 32.1 Å². The van der Waals surface area contributed by atoms with Gasteiger partial charge >= 0.3 is 0 Å². The SMILES string of the molecule is Nc1c(-c2ccc(Br)cc2)ccnc1C1CCCCC1. The number of nitrogen functional groups attached to an aromatic ring is 1. The van der Waals surface area contributed by atoms with Gasteiger partial charge in [-0.3, -0.25) is 4.98 Å². The van der Waals surface area contributed by atoms with Crippen LogP contribution in [0.25, 0.3) is 11.1 Å². The highest BCUT2D eigenvalue weighted by atomic mass is 79.9. The summed E-state index contributed by atoms with van der Waals surface area (Å²) in [6.07, 6.45) is 8.30. The molecule has 0 amide bonds. The molecule has 2 N–H and O–H groups in total. The monoisotopic (exact) mass is 330 g/mol. The molecule has 1 aliphatic rings. The minimum absolute atomic E-state index is 0.541. The number of anilines is 1. The van der Waals surface area contributed by atoms with Gasteiger partial charge in [-0.05, 0) is 36.6 Å². The van der Waals surface area contributed by atoms with E-state index in [0.29, 0.717) is 5.92 Å². The zero-order valence-electron chi connectivity index (χ0n) is 11.5. The smallest absolute Gasteiger partial charge is 0.0669 e. The van der Waals surface area contributed by atoms with Gasteiger partial charge in [-0.2, -0.15) is 0 Å². The van der Waals surface area contributed by atoms with Crippen molar-refractivity contribution in [2.75, 3.05) is 5.73 Å². The molecule has 2 nitrogen and oxygen atoms in total. The predicted octanol–water partition coefficient (Wildman–Crippen LogP) is 5.14. The second-order valence-corrected chi connectivity index (χ2v) is 6.41. The molecule has 1 fully saturated rings. The molecular weight excluding hydrogens is 312 g/mol. The molecule has 104 valence electrons. The van der Waals surface area contributed by atoms with Crippen LogP contribution in [-0.2, 0) is 0 Å². The number of aromatic nitrogens is 1. The van der Waals surface area contributed by atoms with Crippen LogP contribution in [0.1, 0.15) is 43.7 Å². The molecule has 0 atom stereocenters. The Morgan fingerprint density at radius 1 is 1.00 bits per heavy atom. The quantitative estimate of drug-likeness (QED) is 0.827. The number of nitrogens with two attached hydrogens (primary N) is 1. The van der Waals surface area contributed by atoms with Crippen LogP contribution in [0, 0.1) is 0 Å². The molecule has 0 aliphatic heterocycles. The van der Waals surface area contributed by atoms with Gasteiger partial charge < -0.3 is 5.73 Å². The predicted molar refractivity (Wildman–Crippen MR) is 87.6 cm³/mol. The van der Waals surface area contributed by atoms with Crippen molar-refractivity contribution in [2.24, 2.45) is 0 Å². The molecular formula is C17H19BrN2. The first-order chi connectivity index (χ1) is 9.75. The Morgan fingerprint density at radius 3 is 2.40 bits per heavy atom. The number of halogens is 1. The number of rotatable bonds is 2. The largest absolute Gasteiger partial charge is 0.397 e. The lowest BCUT2D eigenvalue weighted by Crippen LogP contribution is -2.10. The summed E-state index contributed by atoms with van der Waals surface area (Å²) in [6, 6.07) is 10.3. The van der Waals surface area contributed by atoms with Crippen molar-refractivity contribution >= 4 is 21.6 Å². The number of hydrogen-bond donors (Lipinski definition) is 1. The highest BCUT2D eigenvalue weighted by molar-refractivity contribution is 9.10. The summed E-state index contributed by atoms with van der Waals surface area (Å²) in [4.78, 5) is 4.57. The Bertz CT molecular complexity index is 586. The van der Waals surface area contributed by atoms with E-state index in [1.54, 1.807) is 0 Å². The van der Waals surface area contributed by atoms with E-state index in [4.69, 9.17) is 5.73 Å². The van der Waals surface area contributed by atoms with E-state index < -0.39 is 0 Å². The van der Waals surface area contributed by atoms with Gasteiger partial charge in [0.1, 0.15) is 0 Å². The van der Waals surface area contributed by atoms with E-state index in [0.717, 1.165) is 27.0 Å². The van der Waals surface area contributed by atoms with Gasteiger partial charge in [-0.15, -0.1) is 0 Å². The van der Waals surface area contributed by atoms with Crippen molar-refractivity contribution in [3.63, 3.8) is 0 Å². The van der Waals surface area contributed by atoms with Crippen LogP contribution in [0.15, 0.2) is 41.0 Å². The zero-order chi connectivity index (χ0) is 13.9. The van der Waals surface area contributed by atoms with E-state index >= 15 is 0 Å². The average Bonchev–Trinajstić information content (AvgIpc) is 2.49. The van der Waals surface area contributed by atoms with E-state index in [9.17, 15) is 0 Å². The van der Waals surface area contributed by atoms with Crippen LogP contribution in [0.3, 0.4) is 0 Å². The first-order valence-corrected chi connectivity index (χ1v) is 8.05. The van der Waals surface area contributed by atoms with Crippen molar-refractivity contribution in [1.29, 1.82) is 0 Å². The molecule has 0 radical (unpaired) electrons. The first-order valence-electron chi connectivity index (χ1n) is 7.26. The molecule has 1 aromatic heterocycles. The molecule has 0 saturated heterocycles. The molecule has 2 aromatic rings. The Kier molecular flexibility index (Phi) is 4.06. The lowest BCUT2D eigenvalue weighted by Gasteiger charge is -2.23. The Balaban J connectivity index is 1.98. The molecule has 1 aliphatic carbocycles. The lowest BCUT2D eigenvalue weighted by atomic mass is 9.85. The molecule has 1 aromatic carbocycles. The summed E-state index contributed by atoms with van der Waals surface area (Å²) < 4.78 is 1.08. The second-order valence-electron chi connectivity index (χ2n) is 5.50. The van der Waals surface area contributed by atoms with Gasteiger partial charge in [0.2, 0.25) is 0 Å². The van der Waals surface area contributed by atoms with Crippen LogP contribution in [0.2, 0.25) is 0 Å². The zero-order valence-corrected chi connectivity index (χ0v) is 13.1. The fraction of sp³-hybridized carbons (Fsp3) is 0.353. The van der Waals surface area contributed by atoms with Crippen LogP contribution in [0.4, 0.5) is 5.69 Å². The number of nitrogens with zero attached hydrogens (tertiary/aromatic N) is 1. The summed E-state index contributed by atoms with van der Waals surface area (Å²) in [5.74, 6) is 0.541. The Morgan fingerprint density at radius 2 is 1.70 bits per heavy atom. The summed E-state index contributed by atoms with van der Waals surface area (Å²) in [7, 11) is 0. The van der Waals surface area contributed by atoms with E-state index in [2.05, 4.69) is 45.2 Å². The van der Waals surface area contributed by atoms with Gasteiger partial charge in [0.25, 0.3) is 0 Å². The third kappa shape index (κ3) is 2.73. The molecule has 1 heterocycles. The third-order valence-corrected chi connectivity index (χ3v) is 4.70. The average molecular weight is 331 g/mol. The van der Waals surface area contributed by atoms with Crippen molar-refractivity contribution in [2.45, 2.75) is 38.0 Å². The molecule has 1 saturated carbocycles.